The third-order valence-corrected chi connectivity index (χ3v) is 11.2. The van der Waals surface area contributed by atoms with Gasteiger partial charge in [0.25, 0.3) is 0 Å². The van der Waals surface area contributed by atoms with Crippen molar-refractivity contribution in [3.05, 3.63) is 24.3 Å². The van der Waals surface area contributed by atoms with E-state index in [4.69, 9.17) is 14.2 Å². The Balaban J connectivity index is 4.02. The molecule has 0 bridgehead atoms. The maximum absolute atomic E-state index is 12.6. The average molecular weight is 790 g/mol. The minimum absolute atomic E-state index is 0.0250. The fourth-order valence-electron chi connectivity index (χ4n) is 6.88. The van der Waals surface area contributed by atoms with Crippen LogP contribution in [0.1, 0.15) is 220 Å². The molecule has 328 valence electrons. The number of ether oxygens (including phenoxy) is 3. The molecule has 0 saturated carbocycles. The summed E-state index contributed by atoms with van der Waals surface area (Å²) in [6, 6.07) is 0. The van der Waals surface area contributed by atoms with E-state index in [-0.39, 0.29) is 24.0 Å². The number of hydrogen-bond donors (Lipinski definition) is 0. The SMILES string of the molecule is CCC(CC)COC(=O)CCCCC=CCCCCCCCCC(CCCCCCCCC=CCCCCC(=O)OCC(CC)CC)OC(=O)CCCN(C)C. The second-order valence-corrected chi connectivity index (χ2v) is 16.6. The van der Waals surface area contributed by atoms with Gasteiger partial charge in [-0.05, 0) is 129 Å². The van der Waals surface area contributed by atoms with E-state index in [1.54, 1.807) is 0 Å². The summed E-state index contributed by atoms with van der Waals surface area (Å²) in [4.78, 5) is 38.5. The summed E-state index contributed by atoms with van der Waals surface area (Å²) in [5.74, 6) is 0.887. The Morgan fingerprint density at radius 2 is 0.786 bits per heavy atom. The standard InChI is InChI=1S/C49H91NO6/c1-7-44(8-2)42-54-47(51)38-33-29-25-21-17-13-11-15-19-23-27-31-36-46(56-49(53)40-35-41-50(5)6)37-32-28-24-20-16-12-14-18-22-26-30-34-39-48(52)55-43-45(9-3)10-4/h17-18,21-22,44-46H,7-16,19-20,23-43H2,1-6H3. The lowest BCUT2D eigenvalue weighted by atomic mass is 10.0. The van der Waals surface area contributed by atoms with Crippen molar-refractivity contribution in [1.29, 1.82) is 0 Å². The summed E-state index contributed by atoms with van der Waals surface area (Å²) in [7, 11) is 4.09. The predicted molar refractivity (Wildman–Crippen MR) is 237 cm³/mol. The maximum Gasteiger partial charge on any atom is 0.306 e. The first-order chi connectivity index (χ1) is 27.2. The molecule has 56 heavy (non-hydrogen) atoms. The summed E-state index contributed by atoms with van der Waals surface area (Å²) >= 11 is 0. The molecule has 0 heterocycles. The Morgan fingerprint density at radius 3 is 1.16 bits per heavy atom. The van der Waals surface area contributed by atoms with E-state index in [0.717, 1.165) is 116 Å². The summed E-state index contributed by atoms with van der Waals surface area (Å²) < 4.78 is 16.8. The van der Waals surface area contributed by atoms with Crippen LogP contribution in [-0.2, 0) is 28.6 Å². The molecule has 0 N–H and O–H groups in total. The van der Waals surface area contributed by atoms with E-state index in [0.29, 0.717) is 44.3 Å². The van der Waals surface area contributed by atoms with Crippen LogP contribution in [0.3, 0.4) is 0 Å². The zero-order valence-electron chi connectivity index (χ0n) is 37.8. The molecule has 0 aromatic carbocycles. The Morgan fingerprint density at radius 1 is 0.446 bits per heavy atom. The second kappa shape index (κ2) is 41.0. The van der Waals surface area contributed by atoms with Crippen molar-refractivity contribution in [1.82, 2.24) is 4.90 Å². The van der Waals surface area contributed by atoms with Crippen LogP contribution in [0.25, 0.3) is 0 Å². The van der Waals surface area contributed by atoms with Gasteiger partial charge in [-0.3, -0.25) is 14.4 Å². The van der Waals surface area contributed by atoms with E-state index in [9.17, 15) is 14.4 Å². The molecule has 0 radical (unpaired) electrons. The largest absolute Gasteiger partial charge is 0.465 e. The van der Waals surface area contributed by atoms with Gasteiger partial charge in [-0.15, -0.1) is 0 Å². The van der Waals surface area contributed by atoms with Crippen LogP contribution in [0.5, 0.6) is 0 Å². The fourth-order valence-corrected chi connectivity index (χ4v) is 6.88. The van der Waals surface area contributed by atoms with E-state index in [1.165, 1.54) is 64.2 Å². The topological polar surface area (TPSA) is 82.1 Å². The monoisotopic (exact) mass is 790 g/mol. The molecule has 0 unspecified atom stereocenters. The molecule has 0 aromatic rings. The molecule has 0 aliphatic rings. The van der Waals surface area contributed by atoms with Gasteiger partial charge in [0, 0.05) is 19.3 Å². The average Bonchev–Trinajstić information content (AvgIpc) is 3.18. The Hall–Kier alpha value is -2.15. The molecular weight excluding hydrogens is 699 g/mol. The number of carbonyl (C=O) groups excluding carboxylic acids is 3. The number of unbranched alkanes of at least 4 members (excludes halogenated alkanes) is 16. The summed E-state index contributed by atoms with van der Waals surface area (Å²) in [6.07, 6.45) is 41.0. The lowest BCUT2D eigenvalue weighted by Gasteiger charge is -2.18. The zero-order valence-corrected chi connectivity index (χ0v) is 37.8. The van der Waals surface area contributed by atoms with Crippen LogP contribution in [0, 0.1) is 11.8 Å². The number of esters is 3. The molecule has 0 aromatic heterocycles. The zero-order chi connectivity index (χ0) is 41.3. The molecule has 0 amide bonds. The molecule has 0 atom stereocenters. The summed E-state index contributed by atoms with van der Waals surface area (Å²) in [5, 5.41) is 0. The fraction of sp³-hybridized carbons (Fsp3) is 0.857. The molecular formula is C49H91NO6. The molecule has 0 aliphatic carbocycles. The number of rotatable bonds is 41. The van der Waals surface area contributed by atoms with Crippen LogP contribution >= 0.6 is 0 Å². The summed E-state index contributed by atoms with van der Waals surface area (Å²) in [5.41, 5.74) is 0. The van der Waals surface area contributed by atoms with Crippen LogP contribution in [-0.4, -0.2) is 62.8 Å². The first kappa shape index (κ1) is 53.9. The van der Waals surface area contributed by atoms with Gasteiger partial charge in [0.05, 0.1) is 13.2 Å². The van der Waals surface area contributed by atoms with E-state index in [1.807, 2.05) is 14.1 Å². The molecule has 0 saturated heterocycles. The number of nitrogens with zero attached hydrogens (tertiary/aromatic N) is 1. The van der Waals surface area contributed by atoms with Crippen molar-refractivity contribution in [2.24, 2.45) is 11.8 Å². The second-order valence-electron chi connectivity index (χ2n) is 16.6. The minimum Gasteiger partial charge on any atom is -0.465 e. The Bertz CT molecular complexity index is 892. The number of hydrogen-bond acceptors (Lipinski definition) is 7. The highest BCUT2D eigenvalue weighted by atomic mass is 16.5. The Labute approximate surface area is 346 Å². The van der Waals surface area contributed by atoms with Crippen molar-refractivity contribution < 1.29 is 28.6 Å². The third-order valence-electron chi connectivity index (χ3n) is 11.2. The normalized spacial score (nSPS) is 12.4. The smallest absolute Gasteiger partial charge is 0.306 e. The van der Waals surface area contributed by atoms with Gasteiger partial charge >= 0.3 is 17.9 Å². The molecule has 7 nitrogen and oxygen atoms in total. The van der Waals surface area contributed by atoms with Gasteiger partial charge in [0.15, 0.2) is 0 Å². The first-order valence-corrected chi connectivity index (χ1v) is 23.7. The highest BCUT2D eigenvalue weighted by Gasteiger charge is 2.15. The van der Waals surface area contributed by atoms with Crippen molar-refractivity contribution in [3.8, 4) is 0 Å². The van der Waals surface area contributed by atoms with Crippen LogP contribution in [0.4, 0.5) is 0 Å². The lowest BCUT2D eigenvalue weighted by molar-refractivity contribution is -0.150. The van der Waals surface area contributed by atoms with E-state index < -0.39 is 0 Å². The van der Waals surface area contributed by atoms with Gasteiger partial charge in [-0.1, -0.05) is 129 Å². The Kier molecular flexibility index (Phi) is 39.5. The maximum atomic E-state index is 12.6. The number of allylic oxidation sites excluding steroid dienone is 4. The lowest BCUT2D eigenvalue weighted by Crippen LogP contribution is -2.20. The molecule has 0 rings (SSSR count). The summed E-state index contributed by atoms with van der Waals surface area (Å²) in [6.45, 7) is 10.7. The molecule has 0 fully saturated rings. The first-order valence-electron chi connectivity index (χ1n) is 23.7. The van der Waals surface area contributed by atoms with Crippen LogP contribution in [0.2, 0.25) is 0 Å². The predicted octanol–water partition coefficient (Wildman–Crippen LogP) is 13.7. The van der Waals surface area contributed by atoms with Crippen molar-refractivity contribution in [3.63, 3.8) is 0 Å². The van der Waals surface area contributed by atoms with Crippen LogP contribution < -0.4 is 0 Å². The molecule has 7 heteroatoms. The van der Waals surface area contributed by atoms with Crippen molar-refractivity contribution in [2.75, 3.05) is 33.9 Å². The highest BCUT2D eigenvalue weighted by Crippen LogP contribution is 2.19. The van der Waals surface area contributed by atoms with Crippen LogP contribution in [0.15, 0.2) is 24.3 Å². The minimum atomic E-state index is -0.0424. The third kappa shape index (κ3) is 37.4. The van der Waals surface area contributed by atoms with Gasteiger partial charge in [-0.2, -0.15) is 0 Å². The highest BCUT2D eigenvalue weighted by molar-refractivity contribution is 5.70. The van der Waals surface area contributed by atoms with Crippen molar-refractivity contribution >= 4 is 17.9 Å². The van der Waals surface area contributed by atoms with Gasteiger partial charge < -0.3 is 19.1 Å². The van der Waals surface area contributed by atoms with E-state index in [2.05, 4.69) is 56.9 Å². The van der Waals surface area contributed by atoms with E-state index >= 15 is 0 Å². The van der Waals surface area contributed by atoms with Gasteiger partial charge in [0.2, 0.25) is 0 Å². The molecule has 0 aliphatic heterocycles. The van der Waals surface area contributed by atoms with Gasteiger partial charge in [-0.25, -0.2) is 0 Å². The van der Waals surface area contributed by atoms with Gasteiger partial charge in [0.1, 0.15) is 6.10 Å². The quantitative estimate of drug-likeness (QED) is 0.0264. The molecule has 0 spiro atoms. The number of carbonyl (C=O) groups is 3. The van der Waals surface area contributed by atoms with Crippen molar-refractivity contribution in [2.45, 2.75) is 226 Å².